The predicted octanol–water partition coefficient (Wildman–Crippen LogP) is 1.11. The van der Waals surface area contributed by atoms with Gasteiger partial charge in [-0.2, -0.15) is 0 Å². The maximum Gasteiger partial charge on any atom is 0.344 e. The quantitative estimate of drug-likeness (QED) is 0.675. The molecule has 6 nitrogen and oxygen atoms in total. The van der Waals surface area contributed by atoms with Crippen molar-refractivity contribution in [1.82, 2.24) is 0 Å². The van der Waals surface area contributed by atoms with Crippen LogP contribution in [0.1, 0.15) is 27.7 Å². The Labute approximate surface area is 98.6 Å². The third kappa shape index (κ3) is 1.64. The van der Waals surface area contributed by atoms with Crippen LogP contribution in [0.5, 0.6) is 0 Å². The van der Waals surface area contributed by atoms with E-state index in [0.29, 0.717) is 11.4 Å². The van der Waals surface area contributed by atoms with E-state index < -0.39 is 29.2 Å². The topological polar surface area (TPSA) is 77.3 Å². The maximum absolute atomic E-state index is 11.7. The van der Waals surface area contributed by atoms with Crippen molar-refractivity contribution in [2.24, 2.45) is 27.6 Å². The van der Waals surface area contributed by atoms with Gasteiger partial charge in [0.05, 0.1) is 11.4 Å². The molecule has 0 aromatic carbocycles. The van der Waals surface area contributed by atoms with Gasteiger partial charge >= 0.3 is 11.9 Å². The van der Waals surface area contributed by atoms with Gasteiger partial charge in [-0.1, -0.05) is 24.2 Å². The van der Waals surface area contributed by atoms with Crippen LogP contribution in [-0.2, 0) is 19.3 Å². The third-order valence-electron chi connectivity index (χ3n) is 3.35. The van der Waals surface area contributed by atoms with Crippen molar-refractivity contribution < 1.29 is 19.3 Å². The van der Waals surface area contributed by atoms with Gasteiger partial charge in [-0.05, 0) is 13.8 Å². The van der Waals surface area contributed by atoms with Crippen molar-refractivity contribution in [1.29, 1.82) is 0 Å². The van der Waals surface area contributed by atoms with Gasteiger partial charge in [-0.3, -0.25) is 0 Å². The summed E-state index contributed by atoms with van der Waals surface area (Å²) in [5.41, 5.74) is 0.488. The zero-order chi connectivity index (χ0) is 12.8. The monoisotopic (exact) mass is 238 g/mol. The van der Waals surface area contributed by atoms with Crippen molar-refractivity contribution in [3.05, 3.63) is 0 Å². The zero-order valence-electron chi connectivity index (χ0n) is 10.2. The van der Waals surface area contributed by atoms with Crippen molar-refractivity contribution in [2.75, 3.05) is 0 Å². The number of carbonyl (C=O) groups excluding carboxylic acids is 2. The lowest BCUT2D eigenvalue weighted by atomic mass is 9.66. The van der Waals surface area contributed by atoms with Crippen LogP contribution in [0.15, 0.2) is 10.3 Å². The van der Waals surface area contributed by atoms with Crippen LogP contribution in [0, 0.1) is 17.3 Å². The summed E-state index contributed by atoms with van der Waals surface area (Å²) < 4.78 is 0. The third-order valence-corrected chi connectivity index (χ3v) is 3.35. The van der Waals surface area contributed by atoms with Gasteiger partial charge < -0.3 is 9.68 Å². The molecule has 2 aliphatic rings. The second-order valence-corrected chi connectivity index (χ2v) is 4.97. The van der Waals surface area contributed by atoms with Crippen molar-refractivity contribution in [3.8, 4) is 0 Å². The van der Waals surface area contributed by atoms with E-state index in [1.807, 2.05) is 13.8 Å². The molecule has 2 aliphatic heterocycles. The zero-order valence-corrected chi connectivity index (χ0v) is 10.2. The fraction of sp³-hybridized carbons (Fsp3) is 0.636. The number of rotatable bonds is 2. The Kier molecular flexibility index (Phi) is 2.52. The van der Waals surface area contributed by atoms with Gasteiger partial charge in [-0.25, -0.2) is 9.59 Å². The Morgan fingerprint density at radius 1 is 0.941 bits per heavy atom. The summed E-state index contributed by atoms with van der Waals surface area (Å²) in [5, 5.41) is 7.32. The summed E-state index contributed by atoms with van der Waals surface area (Å²) in [7, 11) is 0. The van der Waals surface area contributed by atoms with Crippen LogP contribution in [0.25, 0.3) is 0 Å². The lowest BCUT2D eigenvalue weighted by molar-refractivity contribution is -0.151. The van der Waals surface area contributed by atoms with Gasteiger partial charge in [0.25, 0.3) is 0 Å². The lowest BCUT2D eigenvalue weighted by Crippen LogP contribution is -2.43. The van der Waals surface area contributed by atoms with E-state index in [-0.39, 0.29) is 0 Å². The Hall–Kier alpha value is -1.72. The van der Waals surface area contributed by atoms with Gasteiger partial charge in [0.2, 0.25) is 0 Å². The largest absolute Gasteiger partial charge is 0.344 e. The van der Waals surface area contributed by atoms with Crippen LogP contribution in [0.3, 0.4) is 0 Å². The van der Waals surface area contributed by atoms with Crippen LogP contribution >= 0.6 is 0 Å². The first kappa shape index (κ1) is 11.8. The summed E-state index contributed by atoms with van der Waals surface area (Å²) in [5.74, 6) is -1.94. The lowest BCUT2D eigenvalue weighted by Gasteiger charge is -2.32. The van der Waals surface area contributed by atoms with Crippen LogP contribution in [-0.4, -0.2) is 23.4 Å². The summed E-state index contributed by atoms with van der Waals surface area (Å²) in [4.78, 5) is 32.6. The minimum atomic E-state index is -0.664. The molecule has 0 bridgehead atoms. The van der Waals surface area contributed by atoms with E-state index in [2.05, 4.69) is 20.0 Å². The molecule has 2 heterocycles. The Bertz CT molecular complexity index is 410. The summed E-state index contributed by atoms with van der Waals surface area (Å²) in [6.45, 7) is 7.06. The molecule has 92 valence electrons. The number of oxime groups is 2. The summed E-state index contributed by atoms with van der Waals surface area (Å²) in [6, 6.07) is 0. The molecule has 17 heavy (non-hydrogen) atoms. The predicted molar refractivity (Wildman–Crippen MR) is 59.2 cm³/mol. The van der Waals surface area contributed by atoms with E-state index in [4.69, 9.17) is 0 Å². The number of carbonyl (C=O) groups is 2. The molecule has 0 fully saturated rings. The Morgan fingerprint density at radius 2 is 1.29 bits per heavy atom. The van der Waals surface area contributed by atoms with Crippen molar-refractivity contribution in [2.45, 2.75) is 27.7 Å². The average Bonchev–Trinajstić information content (AvgIpc) is 2.71. The summed E-state index contributed by atoms with van der Waals surface area (Å²) >= 11 is 0. The molecular formula is C11H14N2O4. The molecule has 0 unspecified atom stereocenters. The molecular weight excluding hydrogens is 224 g/mol. The second kappa shape index (κ2) is 3.65. The molecule has 0 aromatic heterocycles. The first-order chi connectivity index (χ1) is 7.85. The highest BCUT2D eigenvalue weighted by Gasteiger charge is 2.53. The molecule has 0 saturated heterocycles. The molecule has 0 spiro atoms. The van der Waals surface area contributed by atoms with Crippen LogP contribution in [0.4, 0.5) is 0 Å². The molecule has 0 saturated carbocycles. The molecule has 2 atom stereocenters. The first-order valence-corrected chi connectivity index (χ1v) is 5.36. The number of hydrogen-bond acceptors (Lipinski definition) is 6. The highest BCUT2D eigenvalue weighted by molar-refractivity contribution is 6.09. The van der Waals surface area contributed by atoms with E-state index in [1.54, 1.807) is 13.8 Å². The van der Waals surface area contributed by atoms with Gasteiger partial charge in [-0.15, -0.1) is 0 Å². The van der Waals surface area contributed by atoms with E-state index >= 15 is 0 Å². The number of nitrogens with zero attached hydrogens (tertiary/aromatic N) is 2. The molecule has 0 amide bonds. The molecule has 0 aliphatic carbocycles. The minimum Gasteiger partial charge on any atom is -0.318 e. The number of hydrogen-bond donors (Lipinski definition) is 0. The molecule has 0 radical (unpaired) electrons. The van der Waals surface area contributed by atoms with E-state index in [1.165, 1.54) is 0 Å². The molecule has 0 N–H and O–H groups in total. The first-order valence-electron chi connectivity index (χ1n) is 5.36. The fourth-order valence-electron chi connectivity index (χ4n) is 2.64. The highest BCUT2D eigenvalue weighted by atomic mass is 16.7. The smallest absolute Gasteiger partial charge is 0.318 e. The van der Waals surface area contributed by atoms with Gasteiger partial charge in [0.15, 0.2) is 0 Å². The molecule has 0 aromatic rings. The van der Waals surface area contributed by atoms with Gasteiger partial charge in [0, 0.05) is 5.41 Å². The standard InChI is InChI=1S/C11H14N2O4/c1-5-7(9(14)16-12-5)11(3,4)8-6(2)13-17-10(8)15/h7-8H,1-4H3/t7-,8-/m1/s1. The Morgan fingerprint density at radius 3 is 1.53 bits per heavy atom. The highest BCUT2D eigenvalue weighted by Crippen LogP contribution is 2.42. The minimum absolute atomic E-state index is 0.431. The average molecular weight is 238 g/mol. The van der Waals surface area contributed by atoms with E-state index in [0.717, 1.165) is 0 Å². The molecule has 6 heteroatoms. The van der Waals surface area contributed by atoms with Crippen molar-refractivity contribution >= 4 is 23.4 Å². The van der Waals surface area contributed by atoms with E-state index in [9.17, 15) is 9.59 Å². The molecule has 2 rings (SSSR count). The maximum atomic E-state index is 11.7. The normalized spacial score (nSPS) is 28.7. The van der Waals surface area contributed by atoms with Gasteiger partial charge in [0.1, 0.15) is 11.8 Å². The van der Waals surface area contributed by atoms with Crippen LogP contribution in [0.2, 0.25) is 0 Å². The Balaban J connectivity index is 2.36. The van der Waals surface area contributed by atoms with Crippen molar-refractivity contribution in [3.63, 3.8) is 0 Å². The fourth-order valence-corrected chi connectivity index (χ4v) is 2.64. The van der Waals surface area contributed by atoms with Crippen LogP contribution < -0.4 is 0 Å². The second-order valence-electron chi connectivity index (χ2n) is 4.97. The summed E-state index contributed by atoms with van der Waals surface area (Å²) in [6.07, 6.45) is 0. The SMILES string of the molecule is CC1=NOC(=O)[C@@H]1C(C)(C)[C@H]1C(=O)ON=C1C.